The van der Waals surface area contributed by atoms with Crippen LogP contribution in [0, 0.1) is 0 Å². The first-order chi connectivity index (χ1) is 12.7. The number of benzene rings is 3. The molecule has 0 saturated carbocycles. The highest BCUT2D eigenvalue weighted by Crippen LogP contribution is 2.47. The van der Waals surface area contributed by atoms with Crippen molar-refractivity contribution in [2.75, 3.05) is 12.0 Å². The summed E-state index contributed by atoms with van der Waals surface area (Å²) < 4.78 is 5.54. The van der Waals surface area contributed by atoms with Gasteiger partial charge in [0, 0.05) is 5.56 Å². The van der Waals surface area contributed by atoms with Gasteiger partial charge in [0.2, 0.25) is 5.91 Å². The van der Waals surface area contributed by atoms with Crippen molar-refractivity contribution in [1.29, 1.82) is 0 Å². The van der Waals surface area contributed by atoms with Gasteiger partial charge in [-0.1, -0.05) is 66.7 Å². The molecule has 0 fully saturated rings. The van der Waals surface area contributed by atoms with Crippen LogP contribution < -0.4 is 9.64 Å². The molecule has 26 heavy (non-hydrogen) atoms. The Morgan fingerprint density at radius 2 is 1.42 bits per heavy atom. The molecule has 3 heteroatoms. The zero-order valence-electron chi connectivity index (χ0n) is 14.9. The second-order valence-corrected chi connectivity index (χ2v) is 6.55. The van der Waals surface area contributed by atoms with Crippen LogP contribution in [0.3, 0.4) is 0 Å². The van der Waals surface area contributed by atoms with Crippen molar-refractivity contribution in [3.8, 4) is 5.75 Å². The van der Waals surface area contributed by atoms with Crippen LogP contribution in [0.4, 0.5) is 5.69 Å². The number of nitrogens with zero attached hydrogens (tertiary/aromatic N) is 1. The van der Waals surface area contributed by atoms with Crippen LogP contribution in [0.2, 0.25) is 0 Å². The van der Waals surface area contributed by atoms with Crippen molar-refractivity contribution < 1.29 is 9.53 Å². The van der Waals surface area contributed by atoms with E-state index in [9.17, 15) is 4.79 Å². The molecule has 1 amide bonds. The number of anilines is 1. The van der Waals surface area contributed by atoms with E-state index in [2.05, 4.69) is 24.3 Å². The fourth-order valence-corrected chi connectivity index (χ4v) is 3.83. The summed E-state index contributed by atoms with van der Waals surface area (Å²) in [5, 5.41) is 0. The number of hydrogen-bond acceptors (Lipinski definition) is 2. The summed E-state index contributed by atoms with van der Waals surface area (Å²) in [5.41, 5.74) is 4.08. The summed E-state index contributed by atoms with van der Waals surface area (Å²) in [6.45, 7) is 1.96. The molecule has 3 aromatic rings. The Labute approximate surface area is 153 Å². The first kappa shape index (κ1) is 16.4. The van der Waals surface area contributed by atoms with Gasteiger partial charge in [0.1, 0.15) is 5.75 Å². The highest BCUT2D eigenvalue weighted by Gasteiger charge is 2.41. The van der Waals surface area contributed by atoms with Gasteiger partial charge in [0.25, 0.3) is 0 Å². The minimum Gasteiger partial charge on any atom is -0.496 e. The van der Waals surface area contributed by atoms with Crippen LogP contribution in [0.1, 0.15) is 35.6 Å². The van der Waals surface area contributed by atoms with Gasteiger partial charge in [-0.15, -0.1) is 0 Å². The van der Waals surface area contributed by atoms with Crippen LogP contribution in [0.25, 0.3) is 0 Å². The van der Waals surface area contributed by atoms with Gasteiger partial charge >= 0.3 is 0 Å². The normalized spacial score (nSPS) is 16.0. The third-order valence-corrected chi connectivity index (χ3v) is 5.05. The Morgan fingerprint density at radius 1 is 0.846 bits per heavy atom. The maximum Gasteiger partial charge on any atom is 0.235 e. The number of ether oxygens (including phenoxy) is 1. The lowest BCUT2D eigenvalue weighted by Gasteiger charge is -2.30. The molecular weight excluding hydrogens is 322 g/mol. The number of rotatable bonds is 4. The summed E-state index contributed by atoms with van der Waals surface area (Å²) in [4.78, 5) is 15.2. The van der Waals surface area contributed by atoms with E-state index < -0.39 is 0 Å². The molecule has 1 heterocycles. The molecule has 0 aromatic heterocycles. The monoisotopic (exact) mass is 343 g/mol. The van der Waals surface area contributed by atoms with Gasteiger partial charge in [-0.25, -0.2) is 0 Å². The van der Waals surface area contributed by atoms with Gasteiger partial charge < -0.3 is 4.74 Å². The summed E-state index contributed by atoms with van der Waals surface area (Å²) in [7, 11) is 1.65. The van der Waals surface area contributed by atoms with Crippen LogP contribution in [-0.4, -0.2) is 13.0 Å². The number of fused-ring (bicyclic) bond motifs is 1. The number of hydrogen-bond donors (Lipinski definition) is 0. The Balaban J connectivity index is 1.92. The zero-order chi connectivity index (χ0) is 18.1. The SMILES string of the molecule is COc1cccc2c1[C@@H](C)C(=O)N2C(c1ccccc1)c1ccccc1. The van der Waals surface area contributed by atoms with Crippen LogP contribution in [-0.2, 0) is 4.79 Å². The summed E-state index contributed by atoms with van der Waals surface area (Å²) in [6, 6.07) is 26.1. The molecule has 0 aliphatic carbocycles. The third-order valence-electron chi connectivity index (χ3n) is 5.05. The van der Waals surface area contributed by atoms with Crippen LogP contribution in [0.5, 0.6) is 5.75 Å². The molecule has 3 aromatic carbocycles. The molecular formula is C23H21NO2. The average Bonchev–Trinajstić information content (AvgIpc) is 2.95. The summed E-state index contributed by atoms with van der Waals surface area (Å²) >= 11 is 0. The number of carbonyl (C=O) groups is 1. The number of amides is 1. The van der Waals surface area contributed by atoms with E-state index in [1.54, 1.807) is 7.11 Å². The molecule has 0 unspecified atom stereocenters. The van der Waals surface area contributed by atoms with Crippen molar-refractivity contribution >= 4 is 11.6 Å². The predicted molar refractivity (Wildman–Crippen MR) is 104 cm³/mol. The van der Waals surface area contributed by atoms with E-state index in [0.717, 1.165) is 28.1 Å². The van der Waals surface area contributed by atoms with Crippen molar-refractivity contribution in [3.63, 3.8) is 0 Å². The van der Waals surface area contributed by atoms with Crippen molar-refractivity contribution in [2.45, 2.75) is 18.9 Å². The highest BCUT2D eigenvalue weighted by atomic mass is 16.5. The zero-order valence-corrected chi connectivity index (χ0v) is 14.9. The molecule has 0 bridgehead atoms. The largest absolute Gasteiger partial charge is 0.496 e. The molecule has 0 radical (unpaired) electrons. The second kappa shape index (κ2) is 6.68. The third kappa shape index (κ3) is 2.57. The van der Waals surface area contributed by atoms with E-state index in [1.807, 2.05) is 66.4 Å². The number of methoxy groups -OCH3 is 1. The standard InChI is InChI=1S/C23H21NO2/c1-16-21-19(14-9-15-20(21)26-2)24(23(16)25)22(17-10-5-3-6-11-17)18-12-7-4-8-13-18/h3-16,22H,1-2H3/t16-/m1/s1. The molecule has 0 spiro atoms. The van der Waals surface area contributed by atoms with Crippen molar-refractivity contribution in [1.82, 2.24) is 0 Å². The average molecular weight is 343 g/mol. The lowest BCUT2D eigenvalue weighted by Crippen LogP contribution is -2.33. The van der Waals surface area contributed by atoms with E-state index >= 15 is 0 Å². The van der Waals surface area contributed by atoms with E-state index in [4.69, 9.17) is 4.74 Å². The minimum atomic E-state index is -0.226. The van der Waals surface area contributed by atoms with Gasteiger partial charge in [0.05, 0.1) is 24.8 Å². The molecule has 4 rings (SSSR count). The van der Waals surface area contributed by atoms with E-state index in [-0.39, 0.29) is 17.9 Å². The predicted octanol–water partition coefficient (Wildman–Crippen LogP) is 4.93. The Morgan fingerprint density at radius 3 is 1.96 bits per heavy atom. The van der Waals surface area contributed by atoms with Crippen LogP contribution >= 0.6 is 0 Å². The molecule has 1 atom stereocenters. The summed E-state index contributed by atoms with van der Waals surface area (Å²) in [6.07, 6.45) is 0. The molecule has 0 saturated heterocycles. The van der Waals surface area contributed by atoms with Gasteiger partial charge in [-0.05, 0) is 30.2 Å². The van der Waals surface area contributed by atoms with Gasteiger partial charge in [0.15, 0.2) is 0 Å². The lowest BCUT2D eigenvalue weighted by atomic mass is 9.97. The topological polar surface area (TPSA) is 29.5 Å². The molecule has 1 aliphatic heterocycles. The van der Waals surface area contributed by atoms with E-state index in [0.29, 0.717) is 0 Å². The Kier molecular flexibility index (Phi) is 4.21. The number of carbonyl (C=O) groups excluding carboxylic acids is 1. The van der Waals surface area contributed by atoms with Crippen LogP contribution in [0.15, 0.2) is 78.9 Å². The Hall–Kier alpha value is -3.07. The smallest absolute Gasteiger partial charge is 0.235 e. The van der Waals surface area contributed by atoms with Crippen molar-refractivity contribution in [3.05, 3.63) is 95.6 Å². The summed E-state index contributed by atoms with van der Waals surface area (Å²) in [5.74, 6) is 0.643. The fourth-order valence-electron chi connectivity index (χ4n) is 3.83. The minimum absolute atomic E-state index is 0.0993. The van der Waals surface area contributed by atoms with E-state index in [1.165, 1.54) is 0 Å². The maximum atomic E-state index is 13.3. The quantitative estimate of drug-likeness (QED) is 0.672. The Bertz CT molecular complexity index is 882. The lowest BCUT2D eigenvalue weighted by molar-refractivity contribution is -0.119. The van der Waals surface area contributed by atoms with Gasteiger partial charge in [-0.2, -0.15) is 0 Å². The molecule has 0 N–H and O–H groups in total. The first-order valence-electron chi connectivity index (χ1n) is 8.82. The molecule has 130 valence electrons. The van der Waals surface area contributed by atoms with Crippen molar-refractivity contribution in [2.24, 2.45) is 0 Å². The molecule has 1 aliphatic rings. The van der Waals surface area contributed by atoms with Gasteiger partial charge in [-0.3, -0.25) is 9.69 Å². The first-order valence-corrected chi connectivity index (χ1v) is 8.82. The molecule has 3 nitrogen and oxygen atoms in total. The fraction of sp³-hybridized carbons (Fsp3) is 0.174. The highest BCUT2D eigenvalue weighted by molar-refractivity contribution is 6.06. The maximum absolute atomic E-state index is 13.3. The second-order valence-electron chi connectivity index (χ2n) is 6.55.